The molecule has 0 N–H and O–H groups in total. The molecule has 0 amide bonds. The van der Waals surface area contributed by atoms with Gasteiger partial charge in [-0.3, -0.25) is 4.79 Å². The van der Waals surface area contributed by atoms with Crippen LogP contribution in [0.15, 0.2) is 24.3 Å². The van der Waals surface area contributed by atoms with Crippen LogP contribution in [0, 0.1) is 23.2 Å². The van der Waals surface area contributed by atoms with Gasteiger partial charge in [-0.2, -0.15) is 0 Å². The lowest BCUT2D eigenvalue weighted by Gasteiger charge is -2.29. The van der Waals surface area contributed by atoms with Crippen molar-refractivity contribution in [2.45, 2.75) is 51.9 Å². The average molecular weight is 355 g/mol. The first-order valence-corrected chi connectivity index (χ1v) is 10.5. The lowest BCUT2D eigenvalue weighted by Crippen LogP contribution is -2.28. The van der Waals surface area contributed by atoms with Crippen molar-refractivity contribution in [3.63, 3.8) is 0 Å². The van der Waals surface area contributed by atoms with E-state index in [1.807, 2.05) is 13.0 Å². The molecule has 3 heteroatoms. The van der Waals surface area contributed by atoms with E-state index >= 15 is 0 Å². The Labute approximate surface area is 152 Å². The summed E-state index contributed by atoms with van der Waals surface area (Å²) in [6.45, 7) is 1.86. The highest BCUT2D eigenvalue weighted by Gasteiger charge is 2.48. The third kappa shape index (κ3) is 2.76. The van der Waals surface area contributed by atoms with E-state index in [0.29, 0.717) is 11.2 Å². The van der Waals surface area contributed by atoms with Crippen molar-refractivity contribution in [3.8, 4) is 21.6 Å². The van der Waals surface area contributed by atoms with Crippen LogP contribution in [0.25, 0.3) is 9.75 Å². The second-order valence-electron chi connectivity index (χ2n) is 7.08. The molecule has 2 heterocycles. The van der Waals surface area contributed by atoms with Gasteiger partial charge in [0.05, 0.1) is 9.75 Å². The Morgan fingerprint density at radius 2 is 1.75 bits per heavy atom. The molecule has 1 nitrogen and oxygen atoms in total. The van der Waals surface area contributed by atoms with E-state index in [4.69, 9.17) is 0 Å². The van der Waals surface area contributed by atoms with Crippen molar-refractivity contribution in [1.82, 2.24) is 0 Å². The number of carbonyl (C=O) groups excluding carboxylic acids is 1. The second-order valence-corrected chi connectivity index (χ2v) is 9.25. The van der Waals surface area contributed by atoms with Gasteiger partial charge in [-0.05, 0) is 62.3 Å². The Hall–Kier alpha value is -1.37. The maximum atomic E-state index is 13.2. The van der Waals surface area contributed by atoms with E-state index in [1.54, 1.807) is 22.7 Å². The minimum atomic E-state index is 0.274. The fourth-order valence-corrected chi connectivity index (χ4v) is 6.66. The van der Waals surface area contributed by atoms with Crippen molar-refractivity contribution in [3.05, 3.63) is 34.0 Å². The van der Waals surface area contributed by atoms with Gasteiger partial charge in [0.15, 0.2) is 5.78 Å². The lowest BCUT2D eigenvalue weighted by molar-refractivity contribution is 0.0808. The summed E-state index contributed by atoms with van der Waals surface area (Å²) in [5.41, 5.74) is 0.341. The zero-order valence-corrected chi connectivity index (χ0v) is 15.7. The molecule has 0 aromatic carbocycles. The topological polar surface area (TPSA) is 17.1 Å². The normalized spacial score (nSPS) is 21.8. The largest absolute Gasteiger partial charge is 0.293 e. The van der Waals surface area contributed by atoms with Gasteiger partial charge in [0.25, 0.3) is 0 Å². The summed E-state index contributed by atoms with van der Waals surface area (Å²) in [6.07, 6.45) is 8.77. The third-order valence-corrected chi connectivity index (χ3v) is 8.06. The van der Waals surface area contributed by atoms with Crippen molar-refractivity contribution in [2.75, 3.05) is 0 Å². The quantitative estimate of drug-likeness (QED) is 0.461. The molecule has 2 aliphatic rings. The van der Waals surface area contributed by atoms with E-state index in [0.717, 1.165) is 16.2 Å². The number of Topliss-reactive ketones (excluding diaryl/α,β-unsaturated/α-hetero) is 1. The maximum Gasteiger partial charge on any atom is 0.176 e. The van der Waals surface area contributed by atoms with Crippen LogP contribution in [0.5, 0.6) is 0 Å². The summed E-state index contributed by atoms with van der Waals surface area (Å²) in [6, 6.07) is 8.36. The third-order valence-electron chi connectivity index (χ3n) is 5.77. The molecule has 2 saturated carbocycles. The zero-order valence-electron chi connectivity index (χ0n) is 14.1. The first kappa shape index (κ1) is 16.1. The molecular weight excluding hydrogens is 332 g/mol. The fraction of sp³-hybridized carbons (Fsp3) is 0.476. The summed E-state index contributed by atoms with van der Waals surface area (Å²) in [5.74, 6) is 6.75. The monoisotopic (exact) mass is 354 g/mol. The van der Waals surface area contributed by atoms with Gasteiger partial charge in [-0.15, -0.1) is 28.6 Å². The molecule has 0 bridgehead atoms. The van der Waals surface area contributed by atoms with E-state index < -0.39 is 0 Å². The van der Waals surface area contributed by atoms with E-state index in [9.17, 15) is 4.79 Å². The minimum absolute atomic E-state index is 0.274. The number of thiophene rings is 2. The molecule has 1 spiro atoms. The van der Waals surface area contributed by atoms with Crippen LogP contribution in [-0.4, -0.2) is 5.78 Å². The van der Waals surface area contributed by atoms with Crippen LogP contribution in [0.2, 0.25) is 0 Å². The first-order chi connectivity index (χ1) is 11.7. The second kappa shape index (κ2) is 6.50. The van der Waals surface area contributed by atoms with Gasteiger partial charge < -0.3 is 0 Å². The number of carbonyl (C=O) groups is 1. The van der Waals surface area contributed by atoms with E-state index in [2.05, 4.69) is 30.0 Å². The van der Waals surface area contributed by atoms with Gasteiger partial charge >= 0.3 is 0 Å². The van der Waals surface area contributed by atoms with Crippen LogP contribution in [-0.2, 0) is 0 Å². The minimum Gasteiger partial charge on any atom is -0.293 e. The molecule has 0 saturated heterocycles. The summed E-state index contributed by atoms with van der Waals surface area (Å²) in [4.78, 5) is 17.6. The van der Waals surface area contributed by atoms with Crippen LogP contribution in [0.1, 0.15) is 66.4 Å². The molecule has 1 atom stereocenters. The van der Waals surface area contributed by atoms with Gasteiger partial charge in [0.2, 0.25) is 0 Å². The smallest absolute Gasteiger partial charge is 0.176 e. The van der Waals surface area contributed by atoms with E-state index in [1.165, 1.54) is 48.3 Å². The lowest BCUT2D eigenvalue weighted by atomic mass is 9.74. The number of hydrogen-bond donors (Lipinski definition) is 0. The van der Waals surface area contributed by atoms with Crippen molar-refractivity contribution in [1.29, 1.82) is 0 Å². The molecule has 2 fully saturated rings. The van der Waals surface area contributed by atoms with Crippen molar-refractivity contribution >= 4 is 28.5 Å². The molecule has 2 aliphatic carbocycles. The predicted octanol–water partition coefficient (Wildman–Crippen LogP) is 6.39. The number of ketones is 1. The fourth-order valence-electron chi connectivity index (χ4n) is 4.66. The predicted molar refractivity (Wildman–Crippen MR) is 103 cm³/mol. The zero-order chi connectivity index (χ0) is 16.6. The van der Waals surface area contributed by atoms with Gasteiger partial charge in [-0.1, -0.05) is 25.2 Å². The SMILES string of the molecule is CC#Cc1ccc(-c2ccc(C(=O)[C@@H]3CCCC34CCCC4)s2)s1. The highest BCUT2D eigenvalue weighted by Crippen LogP contribution is 2.55. The standard InChI is InChI=1S/C21H22OS2/c1-2-6-15-8-9-17(23-15)18-10-11-19(24-18)20(22)16-7-5-14-21(16)12-3-4-13-21/h8-11,16H,3-5,7,12-14H2,1H3/t16-/m0/s1. The van der Waals surface area contributed by atoms with Gasteiger partial charge in [-0.25, -0.2) is 0 Å². The van der Waals surface area contributed by atoms with Crippen LogP contribution in [0.3, 0.4) is 0 Å². The first-order valence-electron chi connectivity index (χ1n) is 8.89. The molecule has 4 rings (SSSR count). The van der Waals surface area contributed by atoms with Crippen LogP contribution in [0.4, 0.5) is 0 Å². The summed E-state index contributed by atoms with van der Waals surface area (Å²) in [7, 11) is 0. The molecule has 24 heavy (non-hydrogen) atoms. The summed E-state index contributed by atoms with van der Waals surface area (Å²) in [5, 5.41) is 0. The van der Waals surface area contributed by atoms with Crippen LogP contribution >= 0.6 is 22.7 Å². The van der Waals surface area contributed by atoms with Crippen molar-refractivity contribution < 1.29 is 4.79 Å². The Morgan fingerprint density at radius 3 is 2.54 bits per heavy atom. The molecule has 0 aliphatic heterocycles. The average Bonchev–Trinajstić information content (AvgIpc) is 3.36. The molecule has 2 aromatic rings. The Morgan fingerprint density at radius 1 is 1.04 bits per heavy atom. The number of rotatable bonds is 3. The number of hydrogen-bond acceptors (Lipinski definition) is 3. The maximum absolute atomic E-state index is 13.2. The summed E-state index contributed by atoms with van der Waals surface area (Å²) < 4.78 is 0. The summed E-state index contributed by atoms with van der Waals surface area (Å²) >= 11 is 3.38. The van der Waals surface area contributed by atoms with Crippen molar-refractivity contribution in [2.24, 2.45) is 11.3 Å². The molecule has 0 radical (unpaired) electrons. The Balaban J connectivity index is 1.57. The molecule has 124 valence electrons. The Kier molecular flexibility index (Phi) is 4.37. The van der Waals surface area contributed by atoms with Crippen LogP contribution < -0.4 is 0 Å². The van der Waals surface area contributed by atoms with Gasteiger partial charge in [0.1, 0.15) is 0 Å². The Bertz CT molecular complexity index is 803. The molecule has 2 aromatic heterocycles. The van der Waals surface area contributed by atoms with E-state index in [-0.39, 0.29) is 5.92 Å². The highest BCUT2D eigenvalue weighted by atomic mass is 32.1. The molecule has 0 unspecified atom stereocenters. The highest BCUT2D eigenvalue weighted by molar-refractivity contribution is 7.23. The molecular formula is C21H22OS2. The van der Waals surface area contributed by atoms with Gasteiger partial charge in [0, 0.05) is 15.7 Å².